The first kappa shape index (κ1) is 27.3. The highest BCUT2D eigenvalue weighted by Crippen LogP contribution is 2.25. The number of urea groups is 1. The Morgan fingerprint density at radius 3 is 2.35 bits per heavy atom. The lowest BCUT2D eigenvalue weighted by molar-refractivity contribution is 0.262. The van der Waals surface area contributed by atoms with E-state index in [1.54, 1.807) is 6.20 Å². The number of allylic oxidation sites excluding steroid dienone is 1. The van der Waals surface area contributed by atoms with Crippen LogP contribution in [-0.4, -0.2) is 41.9 Å². The number of halogens is 1. The SMILES string of the molecule is CC(C)(C)N/C=C(\C(=N)c1ccnc(N)n1)c1ccc(F)c(NC(=O)Nc2ccc(S(C)(=O)=O)cc2)c1. The monoisotopic (exact) mass is 525 g/mol. The van der Waals surface area contributed by atoms with E-state index in [-0.39, 0.29) is 33.5 Å². The minimum Gasteiger partial charge on any atom is -0.386 e. The second kappa shape index (κ2) is 10.7. The number of nitrogens with zero attached hydrogens (tertiary/aromatic N) is 2. The van der Waals surface area contributed by atoms with Crippen molar-refractivity contribution in [3.05, 3.63) is 78.0 Å². The normalized spacial score (nSPS) is 12.1. The van der Waals surface area contributed by atoms with Gasteiger partial charge in [-0.15, -0.1) is 0 Å². The van der Waals surface area contributed by atoms with Gasteiger partial charge in [-0.3, -0.25) is 5.41 Å². The maximum absolute atomic E-state index is 14.6. The smallest absolute Gasteiger partial charge is 0.323 e. The summed E-state index contributed by atoms with van der Waals surface area (Å²) in [7, 11) is -3.38. The van der Waals surface area contributed by atoms with Gasteiger partial charge in [0.05, 0.1) is 22.0 Å². The number of benzene rings is 2. The molecule has 3 rings (SSSR count). The number of carbonyl (C=O) groups excluding carboxylic acids is 1. The predicted molar refractivity (Wildman–Crippen MR) is 143 cm³/mol. The number of carbonyl (C=O) groups is 1. The van der Waals surface area contributed by atoms with Gasteiger partial charge in [-0.25, -0.2) is 27.6 Å². The highest BCUT2D eigenvalue weighted by molar-refractivity contribution is 7.90. The van der Waals surface area contributed by atoms with E-state index in [1.807, 2.05) is 20.8 Å². The molecule has 0 saturated heterocycles. The van der Waals surface area contributed by atoms with Crippen LogP contribution in [0.5, 0.6) is 0 Å². The molecule has 2 amide bonds. The fourth-order valence-corrected chi connectivity index (χ4v) is 3.73. The number of aromatic nitrogens is 2. The van der Waals surface area contributed by atoms with Crippen LogP contribution in [0, 0.1) is 11.2 Å². The average Bonchev–Trinajstić information content (AvgIpc) is 2.80. The van der Waals surface area contributed by atoms with Gasteiger partial charge in [0.15, 0.2) is 9.84 Å². The molecule has 0 unspecified atom stereocenters. The summed E-state index contributed by atoms with van der Waals surface area (Å²) < 4.78 is 37.9. The molecule has 1 aromatic heterocycles. The Kier molecular flexibility index (Phi) is 7.92. The molecule has 6 N–H and O–H groups in total. The number of hydrogen-bond donors (Lipinski definition) is 5. The minimum absolute atomic E-state index is 0.00748. The van der Waals surface area contributed by atoms with E-state index in [4.69, 9.17) is 11.1 Å². The maximum atomic E-state index is 14.6. The maximum Gasteiger partial charge on any atom is 0.323 e. The zero-order chi connectivity index (χ0) is 27.4. The molecule has 12 heteroatoms. The summed E-state index contributed by atoms with van der Waals surface area (Å²) in [5.41, 5.74) is 6.65. The second-order valence-corrected chi connectivity index (χ2v) is 11.2. The standard InChI is InChI=1S/C25H28FN7O3S/c1-25(2,3)30-14-18(22(27)20-11-12-29-23(28)32-20)15-5-10-19(26)21(13-15)33-24(34)31-16-6-8-17(9-7-16)37(4,35)36/h5-14,27,30H,1-4H3,(H2,28,29,32)(H2,31,33,34)/b18-14-,27-22?. The Labute approximate surface area is 214 Å². The van der Waals surface area contributed by atoms with Crippen molar-refractivity contribution in [2.24, 2.45) is 0 Å². The number of hydrogen-bond acceptors (Lipinski definition) is 8. The summed E-state index contributed by atoms with van der Waals surface area (Å²) >= 11 is 0. The third-order valence-corrected chi connectivity index (χ3v) is 6.04. The van der Waals surface area contributed by atoms with Gasteiger partial charge in [0.25, 0.3) is 0 Å². The molecule has 0 radical (unpaired) electrons. The minimum atomic E-state index is -3.38. The molecule has 0 saturated carbocycles. The highest BCUT2D eigenvalue weighted by Gasteiger charge is 2.17. The van der Waals surface area contributed by atoms with Crippen molar-refractivity contribution < 1.29 is 17.6 Å². The van der Waals surface area contributed by atoms with Crippen LogP contribution in [0.15, 0.2) is 65.8 Å². The number of nitrogens with one attached hydrogen (secondary N) is 4. The Balaban J connectivity index is 1.89. The van der Waals surface area contributed by atoms with E-state index in [1.165, 1.54) is 54.7 Å². The summed E-state index contributed by atoms with van der Waals surface area (Å²) in [6.45, 7) is 5.83. The number of sulfone groups is 1. The fourth-order valence-electron chi connectivity index (χ4n) is 3.10. The summed E-state index contributed by atoms with van der Waals surface area (Å²) in [6.07, 6.45) is 4.14. The van der Waals surface area contributed by atoms with Crippen LogP contribution in [0.1, 0.15) is 32.0 Å². The molecular formula is C25H28FN7O3S. The first-order valence-corrected chi connectivity index (χ1v) is 13.0. The van der Waals surface area contributed by atoms with E-state index >= 15 is 0 Å². The lowest BCUT2D eigenvalue weighted by Crippen LogP contribution is -2.32. The van der Waals surface area contributed by atoms with E-state index < -0.39 is 21.7 Å². The van der Waals surface area contributed by atoms with Gasteiger partial charge in [0.2, 0.25) is 5.95 Å². The molecule has 194 valence electrons. The molecule has 0 aliphatic carbocycles. The largest absolute Gasteiger partial charge is 0.386 e. The number of rotatable bonds is 7. The number of amides is 2. The molecule has 0 aliphatic heterocycles. The Morgan fingerprint density at radius 2 is 1.76 bits per heavy atom. The van der Waals surface area contributed by atoms with Gasteiger partial charge < -0.3 is 21.7 Å². The van der Waals surface area contributed by atoms with E-state index in [9.17, 15) is 17.6 Å². The molecule has 0 aliphatic rings. The lowest BCUT2D eigenvalue weighted by Gasteiger charge is -2.21. The van der Waals surface area contributed by atoms with Crippen LogP contribution in [0.4, 0.5) is 26.5 Å². The van der Waals surface area contributed by atoms with Crippen LogP contribution in [0.25, 0.3) is 5.57 Å². The van der Waals surface area contributed by atoms with Crippen LogP contribution in [0.2, 0.25) is 0 Å². The van der Waals surface area contributed by atoms with Gasteiger partial charge in [-0.2, -0.15) is 0 Å². The average molecular weight is 526 g/mol. The van der Waals surface area contributed by atoms with E-state index in [0.29, 0.717) is 16.8 Å². The summed E-state index contributed by atoms with van der Waals surface area (Å²) in [5.74, 6) is -0.680. The Bertz CT molecular complexity index is 1460. The molecule has 3 aromatic rings. The summed E-state index contributed by atoms with van der Waals surface area (Å²) in [6, 6.07) is 10.4. The van der Waals surface area contributed by atoms with E-state index in [0.717, 1.165) is 6.26 Å². The van der Waals surface area contributed by atoms with Crippen LogP contribution >= 0.6 is 0 Å². The van der Waals surface area contributed by atoms with Crippen molar-refractivity contribution in [1.82, 2.24) is 15.3 Å². The number of nitrogens with two attached hydrogens (primary N) is 1. The van der Waals surface area contributed by atoms with Gasteiger partial charge in [-0.1, -0.05) is 6.07 Å². The third kappa shape index (κ3) is 7.58. The molecular weight excluding hydrogens is 497 g/mol. The zero-order valence-corrected chi connectivity index (χ0v) is 21.6. The second-order valence-electron chi connectivity index (χ2n) is 9.20. The molecule has 10 nitrogen and oxygen atoms in total. The predicted octanol–water partition coefficient (Wildman–Crippen LogP) is 4.04. The third-order valence-electron chi connectivity index (χ3n) is 4.92. The fraction of sp³-hybridized carbons (Fsp3) is 0.200. The number of nitrogen functional groups attached to an aromatic ring is 1. The van der Waals surface area contributed by atoms with Crippen molar-refractivity contribution in [3.8, 4) is 0 Å². The molecule has 0 atom stereocenters. The Morgan fingerprint density at radius 1 is 1.08 bits per heavy atom. The molecule has 2 aromatic carbocycles. The molecule has 0 bridgehead atoms. The quantitative estimate of drug-likeness (QED) is 0.291. The zero-order valence-electron chi connectivity index (χ0n) is 20.8. The number of anilines is 3. The molecule has 37 heavy (non-hydrogen) atoms. The first-order valence-electron chi connectivity index (χ1n) is 11.1. The van der Waals surface area contributed by atoms with Crippen LogP contribution in [0.3, 0.4) is 0 Å². The molecule has 1 heterocycles. The van der Waals surface area contributed by atoms with Crippen molar-refractivity contribution in [2.75, 3.05) is 22.6 Å². The van der Waals surface area contributed by atoms with Crippen molar-refractivity contribution in [2.45, 2.75) is 31.2 Å². The summed E-state index contributed by atoms with van der Waals surface area (Å²) in [4.78, 5) is 20.6. The van der Waals surface area contributed by atoms with Crippen molar-refractivity contribution >= 4 is 44.5 Å². The van der Waals surface area contributed by atoms with E-state index in [2.05, 4.69) is 25.9 Å². The van der Waals surface area contributed by atoms with Gasteiger partial charge in [-0.05, 0) is 68.8 Å². The first-order chi connectivity index (χ1) is 17.2. The topological polar surface area (TPSA) is 163 Å². The summed E-state index contributed by atoms with van der Waals surface area (Å²) in [5, 5.41) is 16.9. The Hall–Kier alpha value is -4.32. The van der Waals surface area contributed by atoms with Crippen molar-refractivity contribution in [3.63, 3.8) is 0 Å². The molecule has 0 spiro atoms. The highest BCUT2D eigenvalue weighted by atomic mass is 32.2. The van der Waals surface area contributed by atoms with Crippen molar-refractivity contribution in [1.29, 1.82) is 5.41 Å². The molecule has 0 fully saturated rings. The van der Waals surface area contributed by atoms with Crippen LogP contribution in [-0.2, 0) is 9.84 Å². The van der Waals surface area contributed by atoms with Gasteiger partial charge in [0, 0.05) is 35.5 Å². The lowest BCUT2D eigenvalue weighted by atomic mass is 9.98. The van der Waals surface area contributed by atoms with Crippen LogP contribution < -0.4 is 21.7 Å². The van der Waals surface area contributed by atoms with Gasteiger partial charge in [0.1, 0.15) is 5.82 Å². The van der Waals surface area contributed by atoms with Gasteiger partial charge >= 0.3 is 6.03 Å².